The van der Waals surface area contributed by atoms with Crippen molar-refractivity contribution < 1.29 is 8.83 Å². The van der Waals surface area contributed by atoms with Gasteiger partial charge in [0.15, 0.2) is 11.2 Å². The molecule has 0 spiro atoms. The molecule has 0 saturated carbocycles. The molecule has 0 amide bonds. The average Bonchev–Trinajstić information content (AvgIpc) is 3.00. The number of hydrogen-bond donors (Lipinski definition) is 1. The molecule has 2 aromatic carbocycles. The number of aromatic nitrogens is 2. The molecule has 5 nitrogen and oxygen atoms in total. The van der Waals surface area contributed by atoms with Crippen molar-refractivity contribution in [3.63, 3.8) is 0 Å². The van der Waals surface area contributed by atoms with Crippen molar-refractivity contribution >= 4 is 39.6 Å². The number of benzene rings is 2. The highest BCUT2D eigenvalue weighted by Gasteiger charge is 2.12. The fourth-order valence-corrected chi connectivity index (χ4v) is 2.64. The lowest BCUT2D eigenvalue weighted by Crippen LogP contribution is -1.82. The summed E-state index contributed by atoms with van der Waals surface area (Å²) in [5.41, 5.74) is 9.35. The summed E-state index contributed by atoms with van der Waals surface area (Å²) in [5.74, 6) is 0. The van der Waals surface area contributed by atoms with Crippen molar-refractivity contribution in [2.75, 3.05) is 5.73 Å². The first-order valence-corrected chi connectivity index (χ1v) is 6.79. The molecule has 98 valence electrons. The molecule has 0 saturated heterocycles. The number of para-hydroxylation sites is 2. The summed E-state index contributed by atoms with van der Waals surface area (Å²) in [4.78, 5) is 8.72. The Bertz CT molecular complexity index is 880. The first-order valence-electron chi connectivity index (χ1n) is 5.97. The summed E-state index contributed by atoms with van der Waals surface area (Å²) >= 11 is 1.25. The van der Waals surface area contributed by atoms with E-state index in [1.54, 1.807) is 18.2 Å². The largest absolute Gasteiger partial charge is 0.431 e. The summed E-state index contributed by atoms with van der Waals surface area (Å²) in [7, 11) is 0. The van der Waals surface area contributed by atoms with Crippen molar-refractivity contribution in [2.24, 2.45) is 0 Å². The van der Waals surface area contributed by atoms with Crippen LogP contribution in [0.25, 0.3) is 22.2 Å². The molecule has 2 aromatic heterocycles. The molecule has 0 aliphatic carbocycles. The minimum absolute atomic E-state index is 0.483. The van der Waals surface area contributed by atoms with Gasteiger partial charge in [0, 0.05) is 17.4 Å². The third-order valence-corrected chi connectivity index (χ3v) is 3.54. The van der Waals surface area contributed by atoms with E-state index in [4.69, 9.17) is 14.6 Å². The number of nitrogens with zero attached hydrogens (tertiary/aromatic N) is 2. The zero-order valence-corrected chi connectivity index (χ0v) is 11.1. The van der Waals surface area contributed by atoms with E-state index in [0.717, 1.165) is 16.6 Å². The van der Waals surface area contributed by atoms with Gasteiger partial charge in [0.1, 0.15) is 11.0 Å². The topological polar surface area (TPSA) is 78.1 Å². The predicted molar refractivity (Wildman–Crippen MR) is 76.6 cm³/mol. The third kappa shape index (κ3) is 1.90. The van der Waals surface area contributed by atoms with Gasteiger partial charge in [-0.05, 0) is 30.3 Å². The number of rotatable bonds is 2. The van der Waals surface area contributed by atoms with E-state index in [1.165, 1.54) is 11.8 Å². The first-order chi connectivity index (χ1) is 9.78. The van der Waals surface area contributed by atoms with Crippen LogP contribution in [0.2, 0.25) is 0 Å². The molecule has 0 aliphatic heterocycles. The normalized spacial score (nSPS) is 11.4. The van der Waals surface area contributed by atoms with Gasteiger partial charge in [-0.15, -0.1) is 0 Å². The van der Waals surface area contributed by atoms with Gasteiger partial charge >= 0.3 is 0 Å². The van der Waals surface area contributed by atoms with Crippen molar-refractivity contribution in [3.8, 4) is 0 Å². The van der Waals surface area contributed by atoms with Gasteiger partial charge in [-0.1, -0.05) is 12.1 Å². The smallest absolute Gasteiger partial charge is 0.266 e. The van der Waals surface area contributed by atoms with Gasteiger partial charge in [-0.3, -0.25) is 0 Å². The molecule has 20 heavy (non-hydrogen) atoms. The van der Waals surface area contributed by atoms with Crippen LogP contribution < -0.4 is 5.73 Å². The predicted octanol–water partition coefficient (Wildman–Crippen LogP) is 3.70. The number of oxazole rings is 2. The van der Waals surface area contributed by atoms with E-state index >= 15 is 0 Å². The van der Waals surface area contributed by atoms with Gasteiger partial charge in [-0.25, -0.2) is 9.97 Å². The molecule has 0 aliphatic rings. The zero-order chi connectivity index (χ0) is 13.5. The molecule has 2 heterocycles. The minimum Gasteiger partial charge on any atom is -0.431 e. The zero-order valence-electron chi connectivity index (χ0n) is 10.2. The lowest BCUT2D eigenvalue weighted by molar-refractivity contribution is 0.465. The molecule has 4 aromatic rings. The van der Waals surface area contributed by atoms with Crippen LogP contribution in [0.3, 0.4) is 0 Å². The minimum atomic E-state index is 0.483. The Morgan fingerprint density at radius 2 is 1.55 bits per heavy atom. The van der Waals surface area contributed by atoms with Gasteiger partial charge in [-0.2, -0.15) is 0 Å². The third-order valence-electron chi connectivity index (χ3n) is 2.84. The van der Waals surface area contributed by atoms with Crippen LogP contribution in [0.15, 0.2) is 61.7 Å². The molecule has 0 bridgehead atoms. The van der Waals surface area contributed by atoms with Crippen molar-refractivity contribution in [2.45, 2.75) is 10.4 Å². The summed E-state index contributed by atoms with van der Waals surface area (Å²) < 4.78 is 11.2. The highest BCUT2D eigenvalue weighted by molar-refractivity contribution is 7.98. The summed E-state index contributed by atoms with van der Waals surface area (Å²) in [5, 5.41) is 0.989. The van der Waals surface area contributed by atoms with Crippen molar-refractivity contribution in [1.29, 1.82) is 0 Å². The van der Waals surface area contributed by atoms with Gasteiger partial charge in [0.05, 0.1) is 0 Å². The molecule has 2 N–H and O–H groups in total. The Balaban J connectivity index is 1.72. The van der Waals surface area contributed by atoms with E-state index in [0.29, 0.717) is 21.7 Å². The molecule has 0 unspecified atom stereocenters. The lowest BCUT2D eigenvalue weighted by Gasteiger charge is -1.88. The van der Waals surface area contributed by atoms with Crippen LogP contribution in [0.1, 0.15) is 0 Å². The molecule has 4 rings (SSSR count). The highest BCUT2D eigenvalue weighted by Crippen LogP contribution is 2.31. The maximum absolute atomic E-state index is 5.72. The second kappa shape index (κ2) is 4.28. The molecule has 6 heteroatoms. The molecular formula is C14H9N3O2S. The first kappa shape index (κ1) is 11.4. The Labute approximate surface area is 117 Å². The quantitative estimate of drug-likeness (QED) is 0.565. The maximum atomic E-state index is 5.72. The molecule has 0 atom stereocenters. The van der Waals surface area contributed by atoms with E-state index in [-0.39, 0.29) is 0 Å². The van der Waals surface area contributed by atoms with Crippen LogP contribution in [0, 0.1) is 0 Å². The van der Waals surface area contributed by atoms with Gasteiger partial charge < -0.3 is 14.6 Å². The molecule has 0 radical (unpaired) electrons. The molecular weight excluding hydrogens is 274 g/mol. The van der Waals surface area contributed by atoms with Crippen molar-refractivity contribution in [1.82, 2.24) is 9.97 Å². The SMILES string of the molecule is Nc1ccc2oc(Sc3nc4ccccc4o3)nc2c1. The Hall–Kier alpha value is -2.47. The number of nitrogens with two attached hydrogens (primary N) is 1. The summed E-state index contributed by atoms with van der Waals surface area (Å²) in [6.07, 6.45) is 0. The second-order valence-corrected chi connectivity index (χ2v) is 5.16. The monoisotopic (exact) mass is 283 g/mol. The lowest BCUT2D eigenvalue weighted by atomic mass is 10.3. The van der Waals surface area contributed by atoms with E-state index < -0.39 is 0 Å². The number of nitrogen functional groups attached to an aromatic ring is 1. The van der Waals surface area contributed by atoms with E-state index in [1.807, 2.05) is 24.3 Å². The van der Waals surface area contributed by atoms with E-state index in [9.17, 15) is 0 Å². The maximum Gasteiger partial charge on any atom is 0.266 e. The van der Waals surface area contributed by atoms with Crippen LogP contribution in [0.5, 0.6) is 0 Å². The Morgan fingerprint density at radius 1 is 0.850 bits per heavy atom. The average molecular weight is 283 g/mol. The number of anilines is 1. The van der Waals surface area contributed by atoms with Crippen LogP contribution >= 0.6 is 11.8 Å². The van der Waals surface area contributed by atoms with Gasteiger partial charge in [0.25, 0.3) is 10.4 Å². The Morgan fingerprint density at radius 3 is 2.35 bits per heavy atom. The number of hydrogen-bond acceptors (Lipinski definition) is 6. The Kier molecular flexibility index (Phi) is 2.43. The van der Waals surface area contributed by atoms with Crippen molar-refractivity contribution in [3.05, 3.63) is 42.5 Å². The van der Waals surface area contributed by atoms with Crippen LogP contribution in [-0.4, -0.2) is 9.97 Å². The fourth-order valence-electron chi connectivity index (χ4n) is 1.94. The van der Waals surface area contributed by atoms with Crippen LogP contribution in [0.4, 0.5) is 5.69 Å². The summed E-state index contributed by atoms with van der Waals surface area (Å²) in [6.45, 7) is 0. The van der Waals surface area contributed by atoms with Crippen LogP contribution in [-0.2, 0) is 0 Å². The number of fused-ring (bicyclic) bond motifs is 2. The summed E-state index contributed by atoms with van der Waals surface area (Å²) in [6, 6.07) is 12.9. The molecule has 0 fully saturated rings. The second-order valence-electron chi connectivity index (χ2n) is 4.26. The highest BCUT2D eigenvalue weighted by atomic mass is 32.2. The fraction of sp³-hybridized carbons (Fsp3) is 0. The van der Waals surface area contributed by atoms with Gasteiger partial charge in [0.2, 0.25) is 0 Å². The standard InChI is InChI=1S/C14H9N3O2S/c15-8-5-6-12-10(7-8)17-14(19-12)20-13-16-9-3-1-2-4-11(9)18-13/h1-7H,15H2. The van der Waals surface area contributed by atoms with E-state index in [2.05, 4.69) is 9.97 Å².